The summed E-state index contributed by atoms with van der Waals surface area (Å²) < 4.78 is 44.5. The van der Waals surface area contributed by atoms with Gasteiger partial charge in [-0.25, -0.2) is 4.79 Å². The van der Waals surface area contributed by atoms with E-state index < -0.39 is 20.3 Å². The number of alkyl halides is 3. The molecule has 0 N–H and O–H groups in total. The second-order valence-electron chi connectivity index (χ2n) is 1.92. The van der Waals surface area contributed by atoms with Gasteiger partial charge in [0.1, 0.15) is 0 Å². The molecule has 14 heavy (non-hydrogen) atoms. The molecule has 1 unspecified atom stereocenters. The van der Waals surface area contributed by atoms with Crippen LogP contribution in [0.25, 0.3) is 0 Å². The number of carbonyl (C=O) groups is 1. The summed E-state index contributed by atoms with van der Waals surface area (Å²) in [5.74, 6) is -5.87. The lowest BCUT2D eigenvalue weighted by Gasteiger charge is -2.17. The molecule has 0 spiro atoms. The van der Waals surface area contributed by atoms with E-state index in [-0.39, 0.29) is 6.61 Å². The molecular formula is C7H8F3O3P. The normalized spacial score (nSPS) is 13.1. The number of rotatable bonds is 5. The molecule has 80 valence electrons. The van der Waals surface area contributed by atoms with Crippen LogP contribution in [0.2, 0.25) is 0 Å². The van der Waals surface area contributed by atoms with Crippen molar-refractivity contribution in [3.8, 4) is 0 Å². The SMILES string of the molecule is C=CCOP(OC(=O)C=C)C(F)(F)F. The van der Waals surface area contributed by atoms with Gasteiger partial charge >= 0.3 is 20.3 Å². The first-order chi connectivity index (χ1) is 6.41. The molecule has 0 rings (SSSR count). The van der Waals surface area contributed by atoms with Crippen molar-refractivity contribution in [1.82, 2.24) is 0 Å². The van der Waals surface area contributed by atoms with Gasteiger partial charge in [-0.1, -0.05) is 12.7 Å². The minimum absolute atomic E-state index is 0.338. The van der Waals surface area contributed by atoms with Gasteiger partial charge in [0.2, 0.25) is 0 Å². The van der Waals surface area contributed by atoms with Crippen LogP contribution >= 0.6 is 8.38 Å². The highest BCUT2D eigenvalue weighted by Gasteiger charge is 2.46. The van der Waals surface area contributed by atoms with E-state index >= 15 is 0 Å². The standard InChI is InChI=1S/C7H8F3O3P/c1-3-5-12-14(7(8,9)10)13-6(11)4-2/h3-4H,1-2,5H2. The Bertz CT molecular complexity index is 227. The Labute approximate surface area is 80.1 Å². The third kappa shape index (κ3) is 4.99. The number of hydrogen-bond acceptors (Lipinski definition) is 3. The quantitative estimate of drug-likeness (QED) is 0.412. The van der Waals surface area contributed by atoms with Crippen LogP contribution in [-0.2, 0) is 13.8 Å². The Hall–Kier alpha value is -0.870. The maximum Gasteiger partial charge on any atom is 0.471 e. The van der Waals surface area contributed by atoms with E-state index in [1.54, 1.807) is 0 Å². The first kappa shape index (κ1) is 13.1. The molecule has 0 amide bonds. The molecule has 0 aromatic rings. The summed E-state index contributed by atoms with van der Waals surface area (Å²) >= 11 is 0. The summed E-state index contributed by atoms with van der Waals surface area (Å²) in [6, 6.07) is 0. The number of carbonyl (C=O) groups excluding carboxylic acids is 1. The largest absolute Gasteiger partial charge is 0.471 e. The van der Waals surface area contributed by atoms with Crippen LogP contribution in [0, 0.1) is 0 Å². The maximum absolute atomic E-state index is 12.1. The maximum atomic E-state index is 12.1. The van der Waals surface area contributed by atoms with E-state index in [2.05, 4.69) is 22.2 Å². The lowest BCUT2D eigenvalue weighted by atomic mass is 10.7. The average molecular weight is 228 g/mol. The van der Waals surface area contributed by atoms with Gasteiger partial charge in [-0.2, -0.15) is 13.2 Å². The monoisotopic (exact) mass is 228 g/mol. The third-order valence-corrected chi connectivity index (χ3v) is 2.00. The van der Waals surface area contributed by atoms with Crippen molar-refractivity contribution in [3.63, 3.8) is 0 Å². The van der Waals surface area contributed by atoms with Gasteiger partial charge in [-0.05, 0) is 0 Å². The van der Waals surface area contributed by atoms with Gasteiger partial charge in [0.25, 0.3) is 0 Å². The minimum atomic E-state index is -4.70. The van der Waals surface area contributed by atoms with E-state index in [0.29, 0.717) is 6.08 Å². The Balaban J connectivity index is 4.31. The van der Waals surface area contributed by atoms with E-state index in [1.165, 1.54) is 0 Å². The second kappa shape index (κ2) is 5.78. The van der Waals surface area contributed by atoms with Crippen LogP contribution in [0.4, 0.5) is 13.2 Å². The fourth-order valence-electron chi connectivity index (χ4n) is 0.391. The van der Waals surface area contributed by atoms with Crippen molar-refractivity contribution >= 4 is 14.3 Å². The molecular weight excluding hydrogens is 220 g/mol. The first-order valence-corrected chi connectivity index (χ1v) is 4.54. The first-order valence-electron chi connectivity index (χ1n) is 3.37. The lowest BCUT2D eigenvalue weighted by molar-refractivity contribution is -0.132. The summed E-state index contributed by atoms with van der Waals surface area (Å²) in [5, 5.41) is 0. The van der Waals surface area contributed by atoms with Crippen molar-refractivity contribution in [1.29, 1.82) is 0 Å². The Morgan fingerprint density at radius 1 is 1.43 bits per heavy atom. The third-order valence-electron chi connectivity index (χ3n) is 0.856. The molecule has 0 saturated heterocycles. The molecule has 0 aliphatic carbocycles. The van der Waals surface area contributed by atoms with Crippen molar-refractivity contribution in [2.75, 3.05) is 6.61 Å². The van der Waals surface area contributed by atoms with Gasteiger partial charge in [-0.15, -0.1) is 6.58 Å². The molecule has 0 saturated carbocycles. The molecule has 0 heterocycles. The van der Waals surface area contributed by atoms with Gasteiger partial charge in [-0.3, -0.25) is 0 Å². The molecule has 0 radical (unpaired) electrons. The minimum Gasteiger partial charge on any atom is -0.406 e. The summed E-state index contributed by atoms with van der Waals surface area (Å²) in [4.78, 5) is 10.5. The van der Waals surface area contributed by atoms with Crippen LogP contribution in [0.1, 0.15) is 0 Å². The highest BCUT2D eigenvalue weighted by Crippen LogP contribution is 2.54. The zero-order valence-electron chi connectivity index (χ0n) is 7.08. The van der Waals surface area contributed by atoms with Crippen LogP contribution in [0.5, 0.6) is 0 Å². The van der Waals surface area contributed by atoms with E-state index in [1.807, 2.05) is 0 Å². The fraction of sp³-hybridized carbons (Fsp3) is 0.286. The molecule has 0 aliphatic heterocycles. The Kier molecular flexibility index (Phi) is 5.42. The highest BCUT2D eigenvalue weighted by atomic mass is 31.2. The lowest BCUT2D eigenvalue weighted by Crippen LogP contribution is -2.12. The zero-order chi connectivity index (χ0) is 11.2. The van der Waals surface area contributed by atoms with Crippen molar-refractivity contribution in [2.24, 2.45) is 0 Å². The molecule has 0 aromatic heterocycles. The van der Waals surface area contributed by atoms with Crippen LogP contribution in [0.3, 0.4) is 0 Å². The smallest absolute Gasteiger partial charge is 0.406 e. The summed E-state index contributed by atoms with van der Waals surface area (Å²) in [6.45, 7) is 5.80. The molecule has 0 bridgehead atoms. The predicted octanol–water partition coefficient (Wildman–Crippen LogP) is 2.75. The van der Waals surface area contributed by atoms with Gasteiger partial charge in [0, 0.05) is 6.08 Å². The fourth-order valence-corrected chi connectivity index (χ4v) is 1.17. The van der Waals surface area contributed by atoms with Crippen LogP contribution < -0.4 is 0 Å². The van der Waals surface area contributed by atoms with Gasteiger partial charge < -0.3 is 9.05 Å². The summed E-state index contributed by atoms with van der Waals surface area (Å²) in [5.41, 5.74) is 0. The molecule has 1 atom stereocenters. The van der Waals surface area contributed by atoms with E-state index in [4.69, 9.17) is 0 Å². The Morgan fingerprint density at radius 3 is 2.36 bits per heavy atom. The van der Waals surface area contributed by atoms with Crippen molar-refractivity contribution in [2.45, 2.75) is 5.92 Å². The number of hydrogen-bond donors (Lipinski definition) is 0. The van der Waals surface area contributed by atoms with Gasteiger partial charge in [0.05, 0.1) is 6.61 Å². The van der Waals surface area contributed by atoms with E-state index in [0.717, 1.165) is 6.08 Å². The molecule has 3 nitrogen and oxygen atoms in total. The van der Waals surface area contributed by atoms with Crippen LogP contribution in [-0.4, -0.2) is 18.5 Å². The molecule has 0 aliphatic rings. The Morgan fingerprint density at radius 2 is 2.00 bits per heavy atom. The van der Waals surface area contributed by atoms with E-state index in [9.17, 15) is 18.0 Å². The van der Waals surface area contributed by atoms with Crippen LogP contribution in [0.15, 0.2) is 25.3 Å². The highest BCUT2D eigenvalue weighted by molar-refractivity contribution is 7.48. The van der Waals surface area contributed by atoms with Gasteiger partial charge in [0.15, 0.2) is 0 Å². The zero-order valence-corrected chi connectivity index (χ0v) is 7.98. The predicted molar refractivity (Wildman–Crippen MR) is 45.4 cm³/mol. The average Bonchev–Trinajstić information content (AvgIpc) is 2.09. The summed E-state index contributed by atoms with van der Waals surface area (Å²) in [7, 11) is -3.24. The topological polar surface area (TPSA) is 35.5 Å². The number of halogens is 3. The molecule has 0 aromatic carbocycles. The molecule has 7 heteroatoms. The summed E-state index contributed by atoms with van der Waals surface area (Å²) in [6.07, 6.45) is 1.77. The molecule has 0 fully saturated rings. The van der Waals surface area contributed by atoms with Crippen molar-refractivity contribution in [3.05, 3.63) is 25.3 Å². The van der Waals surface area contributed by atoms with Crippen molar-refractivity contribution < 1.29 is 27.0 Å². The second-order valence-corrected chi connectivity index (χ2v) is 3.39.